The molecule has 0 atom stereocenters. The molecular weight excluding hydrogens is 264 g/mol. The van der Waals surface area contributed by atoms with Crippen molar-refractivity contribution in [2.45, 2.75) is 20.3 Å². The van der Waals surface area contributed by atoms with Crippen LogP contribution in [0.5, 0.6) is 11.5 Å². The first kappa shape index (κ1) is 15.8. The van der Waals surface area contributed by atoms with Gasteiger partial charge in [-0.3, -0.25) is 4.79 Å². The average molecular weight is 282 g/mol. The van der Waals surface area contributed by atoms with E-state index in [9.17, 15) is 14.7 Å². The zero-order chi connectivity index (χ0) is 15.5. The lowest BCUT2D eigenvalue weighted by atomic mass is 9.85. The van der Waals surface area contributed by atoms with Gasteiger partial charge in [-0.25, -0.2) is 4.79 Å². The number of phenols is 1. The number of carboxylic acid groups (broad SMARTS) is 1. The van der Waals surface area contributed by atoms with Crippen LogP contribution in [0.2, 0.25) is 0 Å². The lowest BCUT2D eigenvalue weighted by Crippen LogP contribution is -2.26. The quantitative estimate of drug-likeness (QED) is 0.800. The van der Waals surface area contributed by atoms with E-state index in [4.69, 9.17) is 9.84 Å². The second-order valence-corrected chi connectivity index (χ2v) is 5.04. The summed E-state index contributed by atoms with van der Waals surface area (Å²) in [6.45, 7) is 3.07. The fraction of sp³-hybridized carbons (Fsp3) is 0.429. The molecule has 20 heavy (non-hydrogen) atoms. The summed E-state index contributed by atoms with van der Waals surface area (Å²) in [5.74, 6) is -1.66. The molecule has 0 aromatic heterocycles. The van der Waals surface area contributed by atoms with Crippen molar-refractivity contribution in [1.82, 2.24) is 0 Å². The summed E-state index contributed by atoms with van der Waals surface area (Å²) in [7, 11) is 2.59. The maximum Gasteiger partial charge on any atom is 0.337 e. The molecule has 0 amide bonds. The normalized spacial score (nSPS) is 11.0. The Bertz CT molecular complexity index is 533. The van der Waals surface area contributed by atoms with Gasteiger partial charge < -0.3 is 19.7 Å². The first-order valence-electron chi connectivity index (χ1n) is 5.94. The van der Waals surface area contributed by atoms with Gasteiger partial charge in [-0.05, 0) is 38.0 Å². The summed E-state index contributed by atoms with van der Waals surface area (Å²) in [6.07, 6.45) is 0.0510. The highest BCUT2D eigenvalue weighted by atomic mass is 16.5. The third kappa shape index (κ3) is 3.20. The van der Waals surface area contributed by atoms with Gasteiger partial charge in [-0.15, -0.1) is 0 Å². The number of aliphatic carboxylic acids is 1. The van der Waals surface area contributed by atoms with Crippen molar-refractivity contribution in [1.29, 1.82) is 0 Å². The van der Waals surface area contributed by atoms with E-state index < -0.39 is 17.4 Å². The van der Waals surface area contributed by atoms with Crippen LogP contribution in [-0.2, 0) is 16.0 Å². The van der Waals surface area contributed by atoms with Crippen LogP contribution in [0.15, 0.2) is 12.1 Å². The Hall–Kier alpha value is -2.24. The molecule has 2 N–H and O–H groups in total. The fourth-order valence-corrected chi connectivity index (χ4v) is 1.74. The Kier molecular flexibility index (Phi) is 4.60. The molecule has 0 bridgehead atoms. The molecule has 1 aromatic carbocycles. The van der Waals surface area contributed by atoms with Gasteiger partial charge in [0, 0.05) is 0 Å². The highest BCUT2D eigenvalue weighted by Crippen LogP contribution is 2.35. The number of carboxylic acids is 1. The first-order valence-corrected chi connectivity index (χ1v) is 5.94. The van der Waals surface area contributed by atoms with Crippen LogP contribution in [0.1, 0.15) is 29.8 Å². The summed E-state index contributed by atoms with van der Waals surface area (Å²) >= 11 is 0. The van der Waals surface area contributed by atoms with Crippen molar-refractivity contribution in [3.8, 4) is 11.5 Å². The van der Waals surface area contributed by atoms with Gasteiger partial charge in [0.25, 0.3) is 0 Å². The molecule has 1 aromatic rings. The van der Waals surface area contributed by atoms with E-state index in [1.54, 1.807) is 0 Å². The number of carbonyl (C=O) groups excluding carboxylic acids is 1. The van der Waals surface area contributed by atoms with Gasteiger partial charge in [0.05, 0.1) is 25.2 Å². The van der Waals surface area contributed by atoms with E-state index in [2.05, 4.69) is 4.74 Å². The minimum Gasteiger partial charge on any atom is -0.504 e. The van der Waals surface area contributed by atoms with Crippen molar-refractivity contribution in [3.05, 3.63) is 23.3 Å². The molecular formula is C14H18O6. The predicted molar refractivity (Wildman–Crippen MR) is 71.1 cm³/mol. The highest BCUT2D eigenvalue weighted by molar-refractivity contribution is 5.90. The van der Waals surface area contributed by atoms with Gasteiger partial charge in [0.15, 0.2) is 11.5 Å². The lowest BCUT2D eigenvalue weighted by molar-refractivity contribution is -0.146. The smallest absolute Gasteiger partial charge is 0.337 e. The number of carbonyl (C=O) groups is 2. The van der Waals surface area contributed by atoms with E-state index in [1.807, 2.05) is 0 Å². The van der Waals surface area contributed by atoms with Crippen molar-refractivity contribution in [2.75, 3.05) is 14.2 Å². The molecule has 0 aliphatic rings. The molecule has 0 saturated heterocycles. The van der Waals surface area contributed by atoms with Gasteiger partial charge in [-0.1, -0.05) is 0 Å². The van der Waals surface area contributed by atoms with Crippen molar-refractivity contribution in [2.24, 2.45) is 5.41 Å². The van der Waals surface area contributed by atoms with Crippen LogP contribution in [0.25, 0.3) is 0 Å². The molecule has 1 rings (SSSR count). The summed E-state index contributed by atoms with van der Waals surface area (Å²) in [6, 6.07) is 2.76. The van der Waals surface area contributed by atoms with Crippen LogP contribution in [-0.4, -0.2) is 36.4 Å². The Morgan fingerprint density at radius 3 is 2.30 bits per heavy atom. The minimum absolute atomic E-state index is 0.0510. The number of benzene rings is 1. The second kappa shape index (κ2) is 5.81. The molecule has 6 nitrogen and oxygen atoms in total. The minimum atomic E-state index is -1.09. The van der Waals surface area contributed by atoms with E-state index in [0.29, 0.717) is 5.56 Å². The number of methoxy groups -OCH3 is 2. The van der Waals surface area contributed by atoms with Gasteiger partial charge in [0.1, 0.15) is 0 Å². The Morgan fingerprint density at radius 2 is 1.85 bits per heavy atom. The molecule has 0 spiro atoms. The number of rotatable bonds is 5. The molecule has 0 heterocycles. The third-order valence-electron chi connectivity index (χ3n) is 3.01. The number of aromatic hydroxyl groups is 1. The zero-order valence-corrected chi connectivity index (χ0v) is 11.9. The lowest BCUT2D eigenvalue weighted by Gasteiger charge is -2.20. The van der Waals surface area contributed by atoms with Crippen LogP contribution in [0.3, 0.4) is 0 Å². The Balaban J connectivity index is 3.31. The van der Waals surface area contributed by atoms with Gasteiger partial charge in [0.2, 0.25) is 0 Å². The maximum absolute atomic E-state index is 11.6. The van der Waals surface area contributed by atoms with Crippen molar-refractivity contribution >= 4 is 11.9 Å². The van der Waals surface area contributed by atoms with E-state index in [1.165, 1.54) is 40.2 Å². The average Bonchev–Trinajstić information content (AvgIpc) is 2.39. The van der Waals surface area contributed by atoms with Crippen LogP contribution in [0.4, 0.5) is 0 Å². The van der Waals surface area contributed by atoms with E-state index in [-0.39, 0.29) is 23.5 Å². The summed E-state index contributed by atoms with van der Waals surface area (Å²) < 4.78 is 9.61. The standard InChI is InChI=1S/C14H18O6/c1-14(2,13(17)18)7-9-5-8(12(16)20-4)6-10(19-3)11(9)15/h5-6,15H,7H2,1-4H3,(H,17,18). The molecule has 0 radical (unpaired) electrons. The molecule has 0 fully saturated rings. The predicted octanol–water partition coefficient (Wildman–Crippen LogP) is 1.84. The molecule has 110 valence electrons. The number of hydrogen-bond acceptors (Lipinski definition) is 5. The summed E-state index contributed by atoms with van der Waals surface area (Å²) in [5, 5.41) is 19.2. The number of hydrogen-bond donors (Lipinski definition) is 2. The SMILES string of the molecule is COC(=O)c1cc(CC(C)(C)C(=O)O)c(O)c(OC)c1. The zero-order valence-electron chi connectivity index (χ0n) is 11.9. The highest BCUT2D eigenvalue weighted by Gasteiger charge is 2.30. The Labute approximate surface area is 116 Å². The van der Waals surface area contributed by atoms with Crippen LogP contribution < -0.4 is 4.74 Å². The largest absolute Gasteiger partial charge is 0.504 e. The van der Waals surface area contributed by atoms with E-state index >= 15 is 0 Å². The number of ether oxygens (including phenoxy) is 2. The van der Waals surface area contributed by atoms with E-state index in [0.717, 1.165) is 0 Å². The number of phenolic OH excluding ortho intramolecular Hbond substituents is 1. The molecule has 6 heteroatoms. The number of esters is 1. The topological polar surface area (TPSA) is 93.1 Å². The van der Waals surface area contributed by atoms with Crippen molar-refractivity contribution < 1.29 is 29.3 Å². The van der Waals surface area contributed by atoms with Gasteiger partial charge in [-0.2, -0.15) is 0 Å². The maximum atomic E-state index is 11.6. The molecule has 0 unspecified atom stereocenters. The Morgan fingerprint density at radius 1 is 1.25 bits per heavy atom. The monoisotopic (exact) mass is 282 g/mol. The summed E-state index contributed by atoms with van der Waals surface area (Å²) in [5.41, 5.74) is -0.576. The second-order valence-electron chi connectivity index (χ2n) is 5.04. The third-order valence-corrected chi connectivity index (χ3v) is 3.01. The first-order chi connectivity index (χ1) is 9.22. The van der Waals surface area contributed by atoms with Crippen molar-refractivity contribution in [3.63, 3.8) is 0 Å². The molecule has 0 aliphatic heterocycles. The van der Waals surface area contributed by atoms with Crippen LogP contribution in [0, 0.1) is 5.41 Å². The van der Waals surface area contributed by atoms with Crippen LogP contribution >= 0.6 is 0 Å². The molecule has 0 aliphatic carbocycles. The molecule has 0 saturated carbocycles. The fourth-order valence-electron chi connectivity index (χ4n) is 1.74. The summed E-state index contributed by atoms with van der Waals surface area (Å²) in [4.78, 5) is 22.7. The van der Waals surface area contributed by atoms with Gasteiger partial charge >= 0.3 is 11.9 Å².